The van der Waals surface area contributed by atoms with Gasteiger partial charge in [-0.3, -0.25) is 4.79 Å². The highest BCUT2D eigenvalue weighted by molar-refractivity contribution is 5.95. The van der Waals surface area contributed by atoms with Crippen LogP contribution in [0.1, 0.15) is 20.7 Å². The summed E-state index contributed by atoms with van der Waals surface area (Å²) in [6, 6.07) is 10.5. The van der Waals surface area contributed by atoms with Gasteiger partial charge in [0, 0.05) is 5.56 Å². The summed E-state index contributed by atoms with van der Waals surface area (Å²) in [5.74, 6) is -0.851. The molecule has 0 spiro atoms. The van der Waals surface area contributed by atoms with E-state index < -0.39 is 5.97 Å². The van der Waals surface area contributed by atoms with Crippen LogP contribution in [0.25, 0.3) is 11.1 Å². The van der Waals surface area contributed by atoms with Crippen molar-refractivity contribution in [3.05, 3.63) is 59.4 Å². The first kappa shape index (κ1) is 13.0. The summed E-state index contributed by atoms with van der Waals surface area (Å²) in [5.41, 5.74) is 2.01. The van der Waals surface area contributed by atoms with Gasteiger partial charge in [0.1, 0.15) is 5.82 Å². The highest BCUT2D eigenvalue weighted by Gasteiger charge is 2.10. The normalized spacial score (nSPS) is 10.0. The molecule has 4 heteroatoms. The van der Waals surface area contributed by atoms with Gasteiger partial charge in [-0.25, -0.2) is 9.18 Å². The van der Waals surface area contributed by atoms with E-state index in [1.54, 1.807) is 24.3 Å². The van der Waals surface area contributed by atoms with Crippen molar-refractivity contribution in [1.29, 1.82) is 0 Å². The van der Waals surface area contributed by atoms with Gasteiger partial charge in [0.2, 0.25) is 0 Å². The van der Waals surface area contributed by atoms with Crippen molar-refractivity contribution < 1.29 is 18.7 Å². The first-order valence-electron chi connectivity index (χ1n) is 5.59. The molecule has 0 aliphatic rings. The van der Waals surface area contributed by atoms with Crippen LogP contribution in [-0.4, -0.2) is 19.4 Å². The van der Waals surface area contributed by atoms with Gasteiger partial charge >= 0.3 is 5.97 Å². The molecule has 0 heterocycles. The summed E-state index contributed by atoms with van der Waals surface area (Å²) < 4.78 is 17.5. The molecule has 0 fully saturated rings. The van der Waals surface area contributed by atoms with E-state index in [-0.39, 0.29) is 5.82 Å². The monoisotopic (exact) mass is 258 g/mol. The third kappa shape index (κ3) is 2.68. The van der Waals surface area contributed by atoms with Crippen LogP contribution in [0, 0.1) is 5.82 Å². The van der Waals surface area contributed by atoms with Crippen molar-refractivity contribution in [2.75, 3.05) is 7.11 Å². The fourth-order valence-electron chi connectivity index (χ4n) is 1.80. The molecular weight excluding hydrogens is 247 g/mol. The maximum atomic E-state index is 12.9. The minimum atomic E-state index is -0.506. The zero-order valence-corrected chi connectivity index (χ0v) is 10.2. The second-order valence-electron chi connectivity index (χ2n) is 3.92. The molecule has 0 amide bonds. The zero-order chi connectivity index (χ0) is 13.8. The highest BCUT2D eigenvalue weighted by Crippen LogP contribution is 2.24. The summed E-state index contributed by atoms with van der Waals surface area (Å²) in [6.07, 6.45) is 0.658. The summed E-state index contributed by atoms with van der Waals surface area (Å²) in [6.45, 7) is 0. The topological polar surface area (TPSA) is 43.4 Å². The van der Waals surface area contributed by atoms with Gasteiger partial charge in [-0.05, 0) is 35.4 Å². The first-order chi connectivity index (χ1) is 9.15. The molecule has 19 heavy (non-hydrogen) atoms. The fourth-order valence-corrected chi connectivity index (χ4v) is 1.80. The molecule has 2 rings (SSSR count). The van der Waals surface area contributed by atoms with Crippen LogP contribution in [0.3, 0.4) is 0 Å². The van der Waals surface area contributed by atoms with Gasteiger partial charge in [0.05, 0.1) is 12.7 Å². The molecule has 0 aromatic heterocycles. The predicted molar refractivity (Wildman–Crippen MR) is 68.6 cm³/mol. The second-order valence-corrected chi connectivity index (χ2v) is 3.92. The van der Waals surface area contributed by atoms with E-state index in [9.17, 15) is 14.0 Å². The average molecular weight is 258 g/mol. The molecule has 0 atom stereocenters. The number of esters is 1. The van der Waals surface area contributed by atoms with Gasteiger partial charge in [-0.2, -0.15) is 0 Å². The van der Waals surface area contributed by atoms with Gasteiger partial charge in [-0.15, -0.1) is 0 Å². The van der Waals surface area contributed by atoms with Crippen LogP contribution in [-0.2, 0) is 4.74 Å². The Balaban J connectivity index is 2.49. The molecule has 0 bridgehead atoms. The maximum absolute atomic E-state index is 12.9. The predicted octanol–water partition coefficient (Wildman–Crippen LogP) is 3.09. The SMILES string of the molecule is COC(=O)c1ccc(-c2ccc(F)cc2)c(C=O)c1. The van der Waals surface area contributed by atoms with Crippen molar-refractivity contribution in [1.82, 2.24) is 0 Å². The molecule has 3 nitrogen and oxygen atoms in total. The summed E-state index contributed by atoms with van der Waals surface area (Å²) in [4.78, 5) is 22.5. The number of hydrogen-bond acceptors (Lipinski definition) is 3. The van der Waals surface area contributed by atoms with Gasteiger partial charge in [0.15, 0.2) is 6.29 Å². The Hall–Kier alpha value is -2.49. The summed E-state index contributed by atoms with van der Waals surface area (Å²) in [5, 5.41) is 0. The summed E-state index contributed by atoms with van der Waals surface area (Å²) in [7, 11) is 1.27. The molecule has 96 valence electrons. The largest absolute Gasteiger partial charge is 0.465 e. The number of carbonyl (C=O) groups excluding carboxylic acids is 2. The van der Waals surface area contributed by atoms with Crippen LogP contribution >= 0.6 is 0 Å². The maximum Gasteiger partial charge on any atom is 0.337 e. The van der Waals surface area contributed by atoms with Gasteiger partial charge in [0.25, 0.3) is 0 Å². The Kier molecular flexibility index (Phi) is 3.71. The van der Waals surface area contributed by atoms with E-state index in [1.807, 2.05) is 0 Å². The lowest BCUT2D eigenvalue weighted by Crippen LogP contribution is -2.02. The van der Waals surface area contributed by atoms with E-state index in [4.69, 9.17) is 0 Å². The van der Waals surface area contributed by atoms with Crippen molar-refractivity contribution in [2.24, 2.45) is 0 Å². The Morgan fingerprint density at radius 3 is 2.42 bits per heavy atom. The lowest BCUT2D eigenvalue weighted by Gasteiger charge is -2.07. The van der Waals surface area contributed by atoms with Crippen LogP contribution < -0.4 is 0 Å². The second kappa shape index (κ2) is 5.44. The number of benzene rings is 2. The van der Waals surface area contributed by atoms with Crippen molar-refractivity contribution in [2.45, 2.75) is 0 Å². The Morgan fingerprint density at radius 2 is 1.84 bits per heavy atom. The first-order valence-corrected chi connectivity index (χ1v) is 5.59. The third-order valence-electron chi connectivity index (χ3n) is 2.75. The standard InChI is InChI=1S/C15H11FO3/c1-19-15(18)11-4-7-14(12(8-11)9-17)10-2-5-13(16)6-3-10/h2-9H,1H3. The number of carbonyl (C=O) groups is 2. The fraction of sp³-hybridized carbons (Fsp3) is 0.0667. The number of halogens is 1. The summed E-state index contributed by atoms with van der Waals surface area (Å²) >= 11 is 0. The molecule has 0 unspecified atom stereocenters. The lowest BCUT2D eigenvalue weighted by molar-refractivity contribution is 0.0600. The number of rotatable bonds is 3. The minimum Gasteiger partial charge on any atom is -0.465 e. The highest BCUT2D eigenvalue weighted by atomic mass is 19.1. The molecule has 2 aromatic carbocycles. The Morgan fingerprint density at radius 1 is 1.16 bits per heavy atom. The van der Waals surface area contributed by atoms with Crippen molar-refractivity contribution in [3.63, 3.8) is 0 Å². The van der Waals surface area contributed by atoms with Gasteiger partial charge in [-0.1, -0.05) is 18.2 Å². The van der Waals surface area contributed by atoms with Crippen molar-refractivity contribution >= 4 is 12.3 Å². The minimum absolute atomic E-state index is 0.301. The van der Waals surface area contributed by atoms with Crippen LogP contribution in [0.2, 0.25) is 0 Å². The number of ether oxygens (including phenoxy) is 1. The number of hydrogen-bond donors (Lipinski definition) is 0. The van der Waals surface area contributed by atoms with Crippen molar-refractivity contribution in [3.8, 4) is 11.1 Å². The molecule has 0 saturated carbocycles. The number of aldehydes is 1. The number of methoxy groups -OCH3 is 1. The molecule has 0 aliphatic carbocycles. The molecule has 2 aromatic rings. The van der Waals surface area contributed by atoms with E-state index >= 15 is 0 Å². The Labute approximate surface area is 109 Å². The van der Waals surface area contributed by atoms with Crippen LogP contribution in [0.5, 0.6) is 0 Å². The molecule has 0 radical (unpaired) electrons. The third-order valence-corrected chi connectivity index (χ3v) is 2.75. The lowest BCUT2D eigenvalue weighted by atomic mass is 9.98. The van der Waals surface area contributed by atoms with E-state index in [2.05, 4.69) is 4.74 Å². The quantitative estimate of drug-likeness (QED) is 0.627. The van der Waals surface area contributed by atoms with E-state index in [0.717, 1.165) is 0 Å². The van der Waals surface area contributed by atoms with Crippen LogP contribution in [0.15, 0.2) is 42.5 Å². The van der Waals surface area contributed by atoms with E-state index in [1.165, 1.54) is 25.3 Å². The zero-order valence-electron chi connectivity index (χ0n) is 10.2. The molecule has 0 aliphatic heterocycles. The smallest absolute Gasteiger partial charge is 0.337 e. The van der Waals surface area contributed by atoms with E-state index in [0.29, 0.717) is 28.5 Å². The molecule has 0 N–H and O–H groups in total. The molecular formula is C15H11FO3. The average Bonchev–Trinajstić information content (AvgIpc) is 2.46. The van der Waals surface area contributed by atoms with Crippen LogP contribution in [0.4, 0.5) is 4.39 Å². The Bertz CT molecular complexity index is 618. The van der Waals surface area contributed by atoms with Gasteiger partial charge < -0.3 is 4.74 Å². The molecule has 0 saturated heterocycles.